The van der Waals surface area contributed by atoms with E-state index in [1.165, 1.54) is 10.5 Å². The van der Waals surface area contributed by atoms with Gasteiger partial charge in [-0.05, 0) is 48.2 Å². The standard InChI is InChI=1S/C15H15ClOS/c1-18-15-8-2-12(3-9-15)10-11-17-14-6-4-13(16)5-7-14/h2-9H,10-11H2,1H3. The van der Waals surface area contributed by atoms with Gasteiger partial charge in [-0.2, -0.15) is 0 Å². The van der Waals surface area contributed by atoms with Gasteiger partial charge in [-0.25, -0.2) is 0 Å². The summed E-state index contributed by atoms with van der Waals surface area (Å²) in [5, 5.41) is 0.731. The first kappa shape index (κ1) is 13.3. The molecule has 0 saturated carbocycles. The molecule has 0 amide bonds. The molecule has 0 saturated heterocycles. The van der Waals surface area contributed by atoms with Crippen molar-refractivity contribution in [2.75, 3.05) is 12.9 Å². The SMILES string of the molecule is CSc1ccc(CCOc2ccc(Cl)cc2)cc1. The fourth-order valence-electron chi connectivity index (χ4n) is 1.61. The fourth-order valence-corrected chi connectivity index (χ4v) is 2.14. The van der Waals surface area contributed by atoms with Gasteiger partial charge >= 0.3 is 0 Å². The lowest BCUT2D eigenvalue weighted by Crippen LogP contribution is -2.01. The molecule has 2 rings (SSSR count). The van der Waals surface area contributed by atoms with Crippen molar-refractivity contribution in [3.05, 3.63) is 59.1 Å². The number of halogens is 1. The smallest absolute Gasteiger partial charge is 0.119 e. The van der Waals surface area contributed by atoms with Crippen molar-refractivity contribution in [1.29, 1.82) is 0 Å². The van der Waals surface area contributed by atoms with Crippen molar-refractivity contribution in [2.45, 2.75) is 11.3 Å². The van der Waals surface area contributed by atoms with Gasteiger partial charge in [0.05, 0.1) is 6.61 Å². The topological polar surface area (TPSA) is 9.23 Å². The van der Waals surface area contributed by atoms with Crippen LogP contribution in [0.15, 0.2) is 53.4 Å². The first-order chi connectivity index (χ1) is 8.78. The number of benzene rings is 2. The van der Waals surface area contributed by atoms with Gasteiger partial charge in [0.2, 0.25) is 0 Å². The number of rotatable bonds is 5. The summed E-state index contributed by atoms with van der Waals surface area (Å²) in [5.74, 6) is 0.861. The lowest BCUT2D eigenvalue weighted by molar-refractivity contribution is 0.322. The Balaban J connectivity index is 1.82. The molecular weight excluding hydrogens is 264 g/mol. The van der Waals surface area contributed by atoms with Gasteiger partial charge in [0.15, 0.2) is 0 Å². The molecule has 0 aromatic heterocycles. The average Bonchev–Trinajstić information content (AvgIpc) is 2.42. The molecule has 0 spiro atoms. The van der Waals surface area contributed by atoms with Crippen molar-refractivity contribution in [3.8, 4) is 5.75 Å². The van der Waals surface area contributed by atoms with E-state index in [2.05, 4.69) is 30.5 Å². The Hall–Kier alpha value is -1.12. The highest BCUT2D eigenvalue weighted by molar-refractivity contribution is 7.98. The lowest BCUT2D eigenvalue weighted by atomic mass is 10.2. The van der Waals surface area contributed by atoms with Crippen LogP contribution in [-0.4, -0.2) is 12.9 Å². The predicted molar refractivity (Wildman–Crippen MR) is 78.9 cm³/mol. The average molecular weight is 279 g/mol. The van der Waals surface area contributed by atoms with Crippen molar-refractivity contribution in [2.24, 2.45) is 0 Å². The molecule has 1 nitrogen and oxygen atoms in total. The molecule has 0 bridgehead atoms. The Morgan fingerprint density at radius 2 is 1.67 bits per heavy atom. The van der Waals surface area contributed by atoms with Gasteiger partial charge in [-0.15, -0.1) is 11.8 Å². The van der Waals surface area contributed by atoms with E-state index in [0.29, 0.717) is 6.61 Å². The van der Waals surface area contributed by atoms with Gasteiger partial charge in [-0.3, -0.25) is 0 Å². The Morgan fingerprint density at radius 1 is 1.00 bits per heavy atom. The fraction of sp³-hybridized carbons (Fsp3) is 0.200. The highest BCUT2D eigenvalue weighted by atomic mass is 35.5. The largest absolute Gasteiger partial charge is 0.493 e. The van der Waals surface area contributed by atoms with Crippen molar-refractivity contribution in [3.63, 3.8) is 0 Å². The second kappa shape index (κ2) is 6.72. The molecule has 0 unspecified atom stereocenters. The van der Waals surface area contributed by atoms with Crippen LogP contribution in [0.25, 0.3) is 0 Å². The summed E-state index contributed by atoms with van der Waals surface area (Å²) in [6, 6.07) is 16.0. The van der Waals surface area contributed by atoms with Crippen LogP contribution in [0.3, 0.4) is 0 Å². The Labute approximate surface area is 117 Å². The summed E-state index contributed by atoms with van der Waals surface area (Å²) in [4.78, 5) is 1.29. The maximum atomic E-state index is 5.81. The first-order valence-electron chi connectivity index (χ1n) is 5.79. The molecule has 0 radical (unpaired) electrons. The van der Waals surface area contributed by atoms with Crippen molar-refractivity contribution >= 4 is 23.4 Å². The summed E-state index contributed by atoms with van der Waals surface area (Å²) in [6.07, 6.45) is 3.00. The van der Waals surface area contributed by atoms with E-state index in [1.54, 1.807) is 11.8 Å². The lowest BCUT2D eigenvalue weighted by Gasteiger charge is -2.06. The molecule has 3 heteroatoms. The number of hydrogen-bond acceptors (Lipinski definition) is 2. The molecule has 94 valence electrons. The van der Waals surface area contributed by atoms with Crippen molar-refractivity contribution < 1.29 is 4.74 Å². The molecule has 0 aliphatic heterocycles. The third-order valence-electron chi connectivity index (χ3n) is 2.63. The van der Waals surface area contributed by atoms with Gasteiger partial charge in [0.1, 0.15) is 5.75 Å². The zero-order valence-electron chi connectivity index (χ0n) is 10.2. The number of hydrogen-bond donors (Lipinski definition) is 0. The van der Waals surface area contributed by atoms with Crippen LogP contribution in [0, 0.1) is 0 Å². The van der Waals surface area contributed by atoms with Crippen LogP contribution in [0.5, 0.6) is 5.75 Å². The van der Waals surface area contributed by atoms with E-state index in [1.807, 2.05) is 24.3 Å². The molecule has 0 N–H and O–H groups in total. The van der Waals surface area contributed by atoms with Gasteiger partial charge in [-0.1, -0.05) is 23.7 Å². The molecule has 0 heterocycles. The molecule has 0 aliphatic rings. The minimum atomic E-state index is 0.681. The highest BCUT2D eigenvalue weighted by Gasteiger charge is 1.97. The van der Waals surface area contributed by atoms with Gasteiger partial charge < -0.3 is 4.74 Å². The maximum absolute atomic E-state index is 5.81. The van der Waals surface area contributed by atoms with Crippen molar-refractivity contribution in [1.82, 2.24) is 0 Å². The van der Waals surface area contributed by atoms with E-state index in [0.717, 1.165) is 17.2 Å². The molecule has 2 aromatic rings. The zero-order valence-corrected chi connectivity index (χ0v) is 11.8. The summed E-state index contributed by atoms with van der Waals surface area (Å²) in [6.45, 7) is 0.681. The minimum Gasteiger partial charge on any atom is -0.493 e. The number of ether oxygens (including phenoxy) is 1. The summed E-state index contributed by atoms with van der Waals surface area (Å²) < 4.78 is 5.66. The monoisotopic (exact) mass is 278 g/mol. The summed E-state index contributed by atoms with van der Waals surface area (Å²) >= 11 is 7.57. The quantitative estimate of drug-likeness (QED) is 0.734. The molecule has 18 heavy (non-hydrogen) atoms. The third kappa shape index (κ3) is 3.97. The molecule has 2 aromatic carbocycles. The molecule has 0 atom stereocenters. The third-order valence-corrected chi connectivity index (χ3v) is 3.63. The highest BCUT2D eigenvalue weighted by Crippen LogP contribution is 2.17. The minimum absolute atomic E-state index is 0.681. The van der Waals surface area contributed by atoms with Crippen LogP contribution in [0.2, 0.25) is 5.02 Å². The van der Waals surface area contributed by atoms with Crippen LogP contribution in [-0.2, 0) is 6.42 Å². The second-order valence-corrected chi connectivity index (χ2v) is 5.22. The normalized spacial score (nSPS) is 10.3. The number of thioether (sulfide) groups is 1. The molecule has 0 fully saturated rings. The summed E-state index contributed by atoms with van der Waals surface area (Å²) in [7, 11) is 0. The summed E-state index contributed by atoms with van der Waals surface area (Å²) in [5.41, 5.74) is 1.29. The Morgan fingerprint density at radius 3 is 2.28 bits per heavy atom. The van der Waals surface area contributed by atoms with E-state index >= 15 is 0 Å². The van der Waals surface area contributed by atoms with E-state index in [9.17, 15) is 0 Å². The zero-order chi connectivity index (χ0) is 12.8. The Kier molecular flexibility index (Phi) is 4.97. The van der Waals surface area contributed by atoms with Crippen LogP contribution >= 0.6 is 23.4 Å². The van der Waals surface area contributed by atoms with E-state index in [-0.39, 0.29) is 0 Å². The van der Waals surface area contributed by atoms with Crippen LogP contribution in [0.1, 0.15) is 5.56 Å². The van der Waals surface area contributed by atoms with E-state index in [4.69, 9.17) is 16.3 Å². The van der Waals surface area contributed by atoms with Crippen LogP contribution in [0.4, 0.5) is 0 Å². The molecular formula is C15H15ClOS. The molecule has 0 aliphatic carbocycles. The van der Waals surface area contributed by atoms with Gasteiger partial charge in [0, 0.05) is 16.3 Å². The maximum Gasteiger partial charge on any atom is 0.119 e. The second-order valence-electron chi connectivity index (χ2n) is 3.90. The first-order valence-corrected chi connectivity index (χ1v) is 7.39. The van der Waals surface area contributed by atoms with Crippen LogP contribution < -0.4 is 4.74 Å². The van der Waals surface area contributed by atoms with Gasteiger partial charge in [0.25, 0.3) is 0 Å². The predicted octanol–water partition coefficient (Wildman–Crippen LogP) is 4.68. The Bertz CT molecular complexity index is 479. The van der Waals surface area contributed by atoms with E-state index < -0.39 is 0 Å².